The molecule has 0 spiro atoms. The number of aliphatic hydroxyl groups is 1. The zero-order valence-corrected chi connectivity index (χ0v) is 16.7. The van der Waals surface area contributed by atoms with E-state index in [1.807, 2.05) is 42.6 Å². The highest BCUT2D eigenvalue weighted by atomic mass is 16.5. The molecule has 0 radical (unpaired) electrons. The SMILES string of the molecule is CC(C)CN1CC(O)(c2c[nH]c3ncc(NC(=O)OCc4ccccc4)cc23)C1. The van der Waals surface area contributed by atoms with Crippen molar-refractivity contribution in [3.05, 3.63) is 59.9 Å². The number of amides is 1. The van der Waals surface area contributed by atoms with Crippen LogP contribution in [0.3, 0.4) is 0 Å². The minimum Gasteiger partial charge on any atom is -0.444 e. The van der Waals surface area contributed by atoms with Crippen molar-refractivity contribution in [3.63, 3.8) is 0 Å². The van der Waals surface area contributed by atoms with Gasteiger partial charge in [-0.05, 0) is 17.5 Å². The minimum absolute atomic E-state index is 0.198. The Morgan fingerprint density at radius 2 is 2.10 bits per heavy atom. The van der Waals surface area contributed by atoms with E-state index in [9.17, 15) is 9.90 Å². The summed E-state index contributed by atoms with van der Waals surface area (Å²) in [5, 5.41) is 14.6. The second-order valence-corrected chi connectivity index (χ2v) is 8.10. The molecule has 1 aliphatic heterocycles. The van der Waals surface area contributed by atoms with Crippen LogP contribution in [0, 0.1) is 5.92 Å². The van der Waals surface area contributed by atoms with Gasteiger partial charge in [0.25, 0.3) is 0 Å². The van der Waals surface area contributed by atoms with E-state index in [1.54, 1.807) is 6.20 Å². The van der Waals surface area contributed by atoms with Gasteiger partial charge in [0.15, 0.2) is 0 Å². The van der Waals surface area contributed by atoms with Gasteiger partial charge in [-0.3, -0.25) is 10.2 Å². The molecule has 1 saturated heterocycles. The van der Waals surface area contributed by atoms with Crippen LogP contribution in [0.2, 0.25) is 0 Å². The molecule has 0 bridgehead atoms. The maximum atomic E-state index is 12.1. The average Bonchev–Trinajstić information content (AvgIpc) is 3.09. The fraction of sp³-hybridized carbons (Fsp3) is 0.364. The molecule has 152 valence electrons. The summed E-state index contributed by atoms with van der Waals surface area (Å²) in [7, 11) is 0. The molecule has 7 nitrogen and oxygen atoms in total. The van der Waals surface area contributed by atoms with Crippen LogP contribution in [0.25, 0.3) is 11.0 Å². The highest BCUT2D eigenvalue weighted by Crippen LogP contribution is 2.36. The number of fused-ring (bicyclic) bond motifs is 1. The smallest absolute Gasteiger partial charge is 0.412 e. The van der Waals surface area contributed by atoms with Gasteiger partial charge in [-0.25, -0.2) is 9.78 Å². The molecule has 1 aliphatic rings. The third kappa shape index (κ3) is 4.26. The molecule has 4 rings (SSSR count). The Morgan fingerprint density at radius 1 is 1.34 bits per heavy atom. The first-order valence-electron chi connectivity index (χ1n) is 9.83. The first-order valence-corrected chi connectivity index (χ1v) is 9.83. The zero-order chi connectivity index (χ0) is 20.4. The van der Waals surface area contributed by atoms with Crippen molar-refractivity contribution in [1.29, 1.82) is 0 Å². The molecule has 2 aromatic heterocycles. The summed E-state index contributed by atoms with van der Waals surface area (Å²) in [5.74, 6) is 0.557. The second kappa shape index (κ2) is 7.85. The van der Waals surface area contributed by atoms with Gasteiger partial charge in [0.2, 0.25) is 0 Å². The Morgan fingerprint density at radius 3 is 2.83 bits per heavy atom. The number of hydrogen-bond acceptors (Lipinski definition) is 5. The molecule has 3 N–H and O–H groups in total. The lowest BCUT2D eigenvalue weighted by Gasteiger charge is -2.47. The Hall–Kier alpha value is -2.90. The highest BCUT2D eigenvalue weighted by molar-refractivity contribution is 5.90. The van der Waals surface area contributed by atoms with E-state index < -0.39 is 11.7 Å². The lowest BCUT2D eigenvalue weighted by molar-refractivity contribution is -0.106. The van der Waals surface area contributed by atoms with Gasteiger partial charge in [0.05, 0.1) is 11.9 Å². The number of nitrogens with zero attached hydrogens (tertiary/aromatic N) is 2. The van der Waals surface area contributed by atoms with E-state index in [0.717, 1.165) is 23.1 Å². The number of anilines is 1. The molecule has 0 saturated carbocycles. The van der Waals surface area contributed by atoms with Gasteiger partial charge in [-0.2, -0.15) is 0 Å². The highest BCUT2D eigenvalue weighted by Gasteiger charge is 2.44. The number of likely N-dealkylation sites (tertiary alicyclic amines) is 1. The number of carbonyl (C=O) groups excluding carboxylic acids is 1. The minimum atomic E-state index is -0.902. The van der Waals surface area contributed by atoms with Crippen LogP contribution >= 0.6 is 0 Å². The number of aromatic nitrogens is 2. The topological polar surface area (TPSA) is 90.5 Å². The first-order chi connectivity index (χ1) is 13.9. The molecular formula is C22H26N4O3. The van der Waals surface area contributed by atoms with Gasteiger partial charge in [0.1, 0.15) is 17.9 Å². The number of pyridine rings is 1. The number of ether oxygens (including phenoxy) is 1. The molecular weight excluding hydrogens is 368 g/mol. The monoisotopic (exact) mass is 394 g/mol. The van der Waals surface area contributed by atoms with Gasteiger partial charge in [-0.15, -0.1) is 0 Å². The number of nitrogens with one attached hydrogen (secondary N) is 2. The van der Waals surface area contributed by atoms with Crippen LogP contribution in [-0.4, -0.2) is 45.7 Å². The lowest BCUT2D eigenvalue weighted by Crippen LogP contribution is -2.59. The summed E-state index contributed by atoms with van der Waals surface area (Å²) in [6.07, 6.45) is 2.84. The van der Waals surface area contributed by atoms with E-state index in [0.29, 0.717) is 30.3 Å². The van der Waals surface area contributed by atoms with Crippen molar-refractivity contribution >= 4 is 22.8 Å². The number of β-amino-alcohol motifs (C(OH)–C–C–N with tert-alkyl or cyclic N) is 1. The zero-order valence-electron chi connectivity index (χ0n) is 16.7. The maximum absolute atomic E-state index is 12.1. The largest absolute Gasteiger partial charge is 0.444 e. The van der Waals surface area contributed by atoms with Gasteiger partial charge < -0.3 is 14.8 Å². The first kappa shape index (κ1) is 19.4. The Labute approximate surface area is 169 Å². The summed E-state index contributed by atoms with van der Waals surface area (Å²) in [4.78, 5) is 21.8. The number of aromatic amines is 1. The average molecular weight is 394 g/mol. The molecule has 29 heavy (non-hydrogen) atoms. The van der Waals surface area contributed by atoms with Crippen molar-refractivity contribution in [1.82, 2.24) is 14.9 Å². The Bertz CT molecular complexity index is 994. The molecule has 0 atom stereocenters. The fourth-order valence-electron chi connectivity index (χ4n) is 3.84. The van der Waals surface area contributed by atoms with Crippen LogP contribution in [0.4, 0.5) is 10.5 Å². The van der Waals surface area contributed by atoms with Crippen molar-refractivity contribution in [3.8, 4) is 0 Å². The quantitative estimate of drug-likeness (QED) is 0.596. The number of hydrogen-bond donors (Lipinski definition) is 3. The van der Waals surface area contributed by atoms with E-state index in [1.165, 1.54) is 0 Å². The Kier molecular flexibility index (Phi) is 5.25. The Balaban J connectivity index is 1.44. The van der Waals surface area contributed by atoms with Gasteiger partial charge in [0, 0.05) is 36.8 Å². The van der Waals surface area contributed by atoms with Crippen molar-refractivity contribution in [2.75, 3.05) is 25.0 Å². The number of H-pyrrole nitrogens is 1. The summed E-state index contributed by atoms with van der Waals surface area (Å²) >= 11 is 0. The second-order valence-electron chi connectivity index (χ2n) is 8.10. The molecule has 1 amide bonds. The summed E-state index contributed by atoms with van der Waals surface area (Å²) < 4.78 is 5.26. The van der Waals surface area contributed by atoms with Crippen molar-refractivity contribution in [2.45, 2.75) is 26.1 Å². The maximum Gasteiger partial charge on any atom is 0.412 e. The predicted molar refractivity (Wildman–Crippen MR) is 112 cm³/mol. The summed E-state index contributed by atoms with van der Waals surface area (Å²) in [6, 6.07) is 11.3. The van der Waals surface area contributed by atoms with Gasteiger partial charge >= 0.3 is 6.09 Å². The standard InChI is InChI=1S/C22H26N4O3/c1-15(2)11-26-13-22(28,14-26)19-10-24-20-18(19)8-17(9-23-20)25-21(27)29-12-16-6-4-3-5-7-16/h3-10,15,28H,11-14H2,1-2H3,(H,23,24)(H,25,27). The summed E-state index contributed by atoms with van der Waals surface area (Å²) in [5.41, 5.74) is 2.03. The van der Waals surface area contributed by atoms with Crippen LogP contribution < -0.4 is 5.32 Å². The van der Waals surface area contributed by atoms with Crippen molar-refractivity contribution < 1.29 is 14.6 Å². The third-order valence-corrected chi connectivity index (χ3v) is 5.09. The normalized spacial score (nSPS) is 16.0. The van der Waals surface area contributed by atoms with Crippen LogP contribution in [0.15, 0.2) is 48.8 Å². The summed E-state index contributed by atoms with van der Waals surface area (Å²) in [6.45, 7) is 6.68. The fourth-order valence-corrected chi connectivity index (χ4v) is 3.84. The third-order valence-electron chi connectivity index (χ3n) is 5.09. The van der Waals surface area contributed by atoms with E-state index in [4.69, 9.17) is 4.74 Å². The lowest BCUT2D eigenvalue weighted by atomic mass is 9.85. The molecule has 0 unspecified atom stereocenters. The van der Waals surface area contributed by atoms with E-state index in [2.05, 4.69) is 34.0 Å². The molecule has 3 aromatic rings. The van der Waals surface area contributed by atoms with E-state index in [-0.39, 0.29) is 6.61 Å². The number of rotatable bonds is 6. The predicted octanol–water partition coefficient (Wildman–Crippen LogP) is 3.47. The number of benzene rings is 1. The van der Waals surface area contributed by atoms with Crippen LogP contribution in [0.1, 0.15) is 25.0 Å². The van der Waals surface area contributed by atoms with Gasteiger partial charge in [-0.1, -0.05) is 44.2 Å². The molecule has 1 fully saturated rings. The molecule has 1 aromatic carbocycles. The molecule has 7 heteroatoms. The van der Waals surface area contributed by atoms with E-state index >= 15 is 0 Å². The van der Waals surface area contributed by atoms with Crippen LogP contribution in [-0.2, 0) is 16.9 Å². The van der Waals surface area contributed by atoms with Crippen molar-refractivity contribution in [2.24, 2.45) is 5.92 Å². The van der Waals surface area contributed by atoms with Crippen LogP contribution in [0.5, 0.6) is 0 Å². The molecule has 3 heterocycles. The molecule has 0 aliphatic carbocycles. The number of carbonyl (C=O) groups is 1.